The van der Waals surface area contributed by atoms with Gasteiger partial charge in [-0.25, -0.2) is 0 Å². The lowest BCUT2D eigenvalue weighted by Gasteiger charge is -2.11. The van der Waals surface area contributed by atoms with E-state index in [9.17, 15) is 4.79 Å². The van der Waals surface area contributed by atoms with E-state index in [0.717, 1.165) is 15.6 Å². The molecule has 2 aromatic rings. The second-order valence-electron chi connectivity index (χ2n) is 4.86. The smallest absolute Gasteiger partial charge is 0.137 e. The highest BCUT2D eigenvalue weighted by molar-refractivity contribution is 9.10. The number of benzene rings is 2. The molecule has 0 spiro atoms. The van der Waals surface area contributed by atoms with Gasteiger partial charge in [0.25, 0.3) is 0 Å². The van der Waals surface area contributed by atoms with Gasteiger partial charge in [-0.1, -0.05) is 64.5 Å². The van der Waals surface area contributed by atoms with Crippen molar-refractivity contribution in [3.63, 3.8) is 0 Å². The molecule has 0 aliphatic rings. The van der Waals surface area contributed by atoms with Crippen LogP contribution in [0.15, 0.2) is 59.1 Å². The molecule has 1 unspecified atom stereocenters. The molecular weight excluding hydrogens is 314 g/mol. The van der Waals surface area contributed by atoms with Crippen LogP contribution >= 0.6 is 15.9 Å². The van der Waals surface area contributed by atoms with Crippen LogP contribution < -0.4 is 5.73 Å². The van der Waals surface area contributed by atoms with Crippen molar-refractivity contribution in [3.8, 4) is 0 Å². The van der Waals surface area contributed by atoms with Crippen molar-refractivity contribution in [1.29, 1.82) is 0 Å². The van der Waals surface area contributed by atoms with Crippen molar-refractivity contribution in [1.82, 2.24) is 0 Å². The summed E-state index contributed by atoms with van der Waals surface area (Å²) in [4.78, 5) is 12.0. The summed E-state index contributed by atoms with van der Waals surface area (Å²) in [6, 6.07) is 17.7. The third-order valence-corrected chi connectivity index (χ3v) is 4.08. The molecule has 20 heavy (non-hydrogen) atoms. The number of hydrogen-bond donors (Lipinski definition) is 1. The van der Waals surface area contributed by atoms with Crippen LogP contribution in [-0.4, -0.2) is 5.78 Å². The Bertz CT molecular complexity index is 568. The first kappa shape index (κ1) is 14.9. The van der Waals surface area contributed by atoms with Gasteiger partial charge in [-0.05, 0) is 23.6 Å². The fourth-order valence-corrected chi connectivity index (χ4v) is 2.55. The van der Waals surface area contributed by atoms with Gasteiger partial charge in [-0.2, -0.15) is 0 Å². The maximum atomic E-state index is 12.0. The highest BCUT2D eigenvalue weighted by Gasteiger charge is 2.10. The molecule has 104 valence electrons. The summed E-state index contributed by atoms with van der Waals surface area (Å²) in [5, 5.41) is 0. The summed E-state index contributed by atoms with van der Waals surface area (Å²) in [5.41, 5.74) is 8.22. The van der Waals surface area contributed by atoms with Gasteiger partial charge >= 0.3 is 0 Å². The minimum absolute atomic E-state index is 0.0700. The molecular formula is C17H18BrNO. The van der Waals surface area contributed by atoms with Crippen LogP contribution in [0.2, 0.25) is 0 Å². The van der Waals surface area contributed by atoms with Gasteiger partial charge < -0.3 is 5.73 Å². The van der Waals surface area contributed by atoms with E-state index < -0.39 is 0 Å². The molecule has 0 heterocycles. The first-order chi connectivity index (χ1) is 9.66. The second kappa shape index (κ2) is 7.36. The fraction of sp³-hybridized carbons (Fsp3) is 0.235. The third kappa shape index (κ3) is 4.29. The summed E-state index contributed by atoms with van der Waals surface area (Å²) in [6.45, 7) is 0. The molecule has 2 N–H and O–H groups in total. The van der Waals surface area contributed by atoms with Gasteiger partial charge in [0.1, 0.15) is 5.78 Å². The molecule has 3 heteroatoms. The van der Waals surface area contributed by atoms with Crippen LogP contribution in [0.4, 0.5) is 0 Å². The van der Waals surface area contributed by atoms with Gasteiger partial charge in [0.05, 0.1) is 0 Å². The van der Waals surface area contributed by atoms with Gasteiger partial charge in [-0.3, -0.25) is 4.79 Å². The molecule has 2 nitrogen and oxygen atoms in total. The van der Waals surface area contributed by atoms with Crippen molar-refractivity contribution >= 4 is 21.7 Å². The van der Waals surface area contributed by atoms with Crippen LogP contribution in [0.3, 0.4) is 0 Å². The van der Waals surface area contributed by atoms with E-state index in [4.69, 9.17) is 5.73 Å². The molecule has 2 rings (SSSR count). The standard InChI is InChI=1S/C17H18BrNO/c18-16-9-5-4-8-14(16)12-15(20)10-11-17(19)13-6-2-1-3-7-13/h1-9,17H,10-12,19H2. The Hall–Kier alpha value is -1.45. The lowest BCUT2D eigenvalue weighted by Crippen LogP contribution is -2.13. The summed E-state index contributed by atoms with van der Waals surface area (Å²) < 4.78 is 0.987. The Balaban J connectivity index is 1.85. The lowest BCUT2D eigenvalue weighted by atomic mass is 9.99. The number of hydrogen-bond acceptors (Lipinski definition) is 2. The Labute approximate surface area is 128 Å². The van der Waals surface area contributed by atoms with E-state index in [-0.39, 0.29) is 11.8 Å². The van der Waals surface area contributed by atoms with Crippen LogP contribution in [0.5, 0.6) is 0 Å². The number of nitrogens with two attached hydrogens (primary N) is 1. The Morgan fingerprint density at radius 2 is 1.70 bits per heavy atom. The van der Waals surface area contributed by atoms with Crippen molar-refractivity contribution in [2.75, 3.05) is 0 Å². The molecule has 0 amide bonds. The van der Waals surface area contributed by atoms with E-state index in [1.165, 1.54) is 0 Å². The number of carbonyl (C=O) groups is 1. The average molecular weight is 332 g/mol. The van der Waals surface area contributed by atoms with E-state index in [0.29, 0.717) is 19.3 Å². The van der Waals surface area contributed by atoms with Gasteiger partial charge in [0.2, 0.25) is 0 Å². The number of halogens is 1. The first-order valence-electron chi connectivity index (χ1n) is 6.72. The zero-order valence-electron chi connectivity index (χ0n) is 11.3. The number of ketones is 1. The quantitative estimate of drug-likeness (QED) is 0.867. The molecule has 0 saturated carbocycles. The average Bonchev–Trinajstić information content (AvgIpc) is 2.48. The van der Waals surface area contributed by atoms with E-state index in [1.807, 2.05) is 54.6 Å². The van der Waals surface area contributed by atoms with E-state index >= 15 is 0 Å². The van der Waals surface area contributed by atoms with Crippen LogP contribution in [0.25, 0.3) is 0 Å². The minimum Gasteiger partial charge on any atom is -0.324 e. The SMILES string of the molecule is NC(CCC(=O)Cc1ccccc1Br)c1ccccc1. The Morgan fingerprint density at radius 1 is 1.05 bits per heavy atom. The Kier molecular flexibility index (Phi) is 5.50. The van der Waals surface area contributed by atoms with Gasteiger partial charge in [0, 0.05) is 23.4 Å². The second-order valence-corrected chi connectivity index (χ2v) is 5.72. The predicted octanol–water partition coefficient (Wildman–Crippen LogP) is 4.04. The van der Waals surface area contributed by atoms with Crippen molar-refractivity contribution in [2.24, 2.45) is 5.73 Å². The van der Waals surface area contributed by atoms with Crippen LogP contribution in [0, 0.1) is 0 Å². The maximum Gasteiger partial charge on any atom is 0.137 e. The summed E-state index contributed by atoms with van der Waals surface area (Å²) >= 11 is 3.46. The summed E-state index contributed by atoms with van der Waals surface area (Å²) in [6.07, 6.45) is 1.66. The predicted molar refractivity (Wildman–Crippen MR) is 85.5 cm³/mol. The molecule has 0 aliphatic heterocycles. The van der Waals surface area contributed by atoms with Crippen LogP contribution in [-0.2, 0) is 11.2 Å². The molecule has 2 aromatic carbocycles. The molecule has 1 atom stereocenters. The minimum atomic E-state index is -0.0700. The summed E-state index contributed by atoms with van der Waals surface area (Å²) in [7, 11) is 0. The van der Waals surface area contributed by atoms with E-state index in [1.54, 1.807) is 0 Å². The lowest BCUT2D eigenvalue weighted by molar-refractivity contribution is -0.118. The topological polar surface area (TPSA) is 43.1 Å². The monoisotopic (exact) mass is 331 g/mol. The zero-order chi connectivity index (χ0) is 14.4. The number of Topliss-reactive ketones (excluding diaryl/α,β-unsaturated/α-hetero) is 1. The zero-order valence-corrected chi connectivity index (χ0v) is 12.8. The molecule has 0 radical (unpaired) electrons. The van der Waals surface area contributed by atoms with Crippen molar-refractivity contribution in [3.05, 3.63) is 70.2 Å². The molecule has 0 bridgehead atoms. The van der Waals surface area contributed by atoms with Crippen molar-refractivity contribution < 1.29 is 4.79 Å². The van der Waals surface area contributed by atoms with Gasteiger partial charge in [0.15, 0.2) is 0 Å². The largest absolute Gasteiger partial charge is 0.324 e. The van der Waals surface area contributed by atoms with Gasteiger partial charge in [-0.15, -0.1) is 0 Å². The van der Waals surface area contributed by atoms with E-state index in [2.05, 4.69) is 15.9 Å². The fourth-order valence-electron chi connectivity index (χ4n) is 2.13. The third-order valence-electron chi connectivity index (χ3n) is 3.31. The molecule has 0 aromatic heterocycles. The Morgan fingerprint density at radius 3 is 2.40 bits per heavy atom. The number of rotatable bonds is 6. The summed E-state index contributed by atoms with van der Waals surface area (Å²) in [5.74, 6) is 0.225. The normalized spacial score (nSPS) is 12.1. The first-order valence-corrected chi connectivity index (χ1v) is 7.52. The molecule has 0 aliphatic carbocycles. The van der Waals surface area contributed by atoms with Crippen LogP contribution in [0.1, 0.15) is 30.0 Å². The molecule has 0 saturated heterocycles. The molecule has 0 fully saturated rings. The highest BCUT2D eigenvalue weighted by Crippen LogP contribution is 2.19. The highest BCUT2D eigenvalue weighted by atomic mass is 79.9. The van der Waals surface area contributed by atoms with Crippen molar-refractivity contribution in [2.45, 2.75) is 25.3 Å². The maximum absolute atomic E-state index is 12.0. The number of carbonyl (C=O) groups excluding carboxylic acids is 1.